The average molecular weight is 206 g/mol. The molecule has 0 fully saturated rings. The Morgan fingerprint density at radius 3 is 2.47 bits per heavy atom. The van der Waals surface area contributed by atoms with E-state index in [4.69, 9.17) is 9.68 Å². The van der Waals surface area contributed by atoms with Gasteiger partial charge in [0.1, 0.15) is 11.8 Å². The van der Waals surface area contributed by atoms with E-state index in [0.29, 0.717) is 11.4 Å². The molecule has 0 spiro atoms. The van der Waals surface area contributed by atoms with Crippen molar-refractivity contribution in [3.05, 3.63) is 27.8 Å². The van der Waals surface area contributed by atoms with Gasteiger partial charge >= 0.3 is 5.63 Å². The van der Waals surface area contributed by atoms with Crippen molar-refractivity contribution in [1.82, 2.24) is 0 Å². The third-order valence-electron chi connectivity index (χ3n) is 2.11. The van der Waals surface area contributed by atoms with Crippen LogP contribution in [0, 0.1) is 11.3 Å². The Bertz CT molecular complexity index is 453. The molecule has 0 amide bonds. The van der Waals surface area contributed by atoms with Crippen LogP contribution < -0.4 is 10.5 Å². The van der Waals surface area contributed by atoms with Crippen LogP contribution in [0.3, 0.4) is 0 Å². The van der Waals surface area contributed by atoms with E-state index in [-0.39, 0.29) is 11.5 Å². The Balaban J connectivity index is 3.48. The van der Waals surface area contributed by atoms with E-state index >= 15 is 0 Å². The van der Waals surface area contributed by atoms with Gasteiger partial charge in [0.15, 0.2) is 5.56 Å². The lowest BCUT2D eigenvalue weighted by molar-refractivity contribution is 0.439. The van der Waals surface area contributed by atoms with Crippen LogP contribution in [-0.2, 0) is 0 Å². The molecule has 4 nitrogen and oxygen atoms in total. The van der Waals surface area contributed by atoms with Crippen molar-refractivity contribution in [3.8, 4) is 6.07 Å². The zero-order chi connectivity index (χ0) is 11.6. The zero-order valence-electron chi connectivity index (χ0n) is 9.37. The molecular weight excluding hydrogens is 192 g/mol. The maximum absolute atomic E-state index is 11.5. The Morgan fingerprint density at radius 2 is 2.07 bits per heavy atom. The fourth-order valence-electron chi connectivity index (χ4n) is 1.24. The Kier molecular flexibility index (Phi) is 3.15. The minimum atomic E-state index is -0.563. The van der Waals surface area contributed by atoms with Gasteiger partial charge in [0.2, 0.25) is 0 Å². The van der Waals surface area contributed by atoms with Crippen molar-refractivity contribution in [1.29, 1.82) is 5.26 Å². The number of nitrogens with zero attached hydrogens (tertiary/aromatic N) is 2. The molecule has 0 unspecified atom stereocenters. The monoisotopic (exact) mass is 206 g/mol. The van der Waals surface area contributed by atoms with Crippen molar-refractivity contribution in [2.24, 2.45) is 0 Å². The molecule has 0 N–H and O–H groups in total. The predicted molar refractivity (Wildman–Crippen MR) is 58.1 cm³/mol. The van der Waals surface area contributed by atoms with Gasteiger partial charge in [-0.1, -0.05) is 13.8 Å². The first-order chi connectivity index (χ1) is 6.97. The SMILES string of the molecule is CC(C)c1cc(N(C)C)c(C#N)c(=O)o1. The molecule has 0 aromatic carbocycles. The molecule has 80 valence electrons. The second kappa shape index (κ2) is 4.18. The third-order valence-corrected chi connectivity index (χ3v) is 2.11. The van der Waals surface area contributed by atoms with Gasteiger partial charge in [-0.2, -0.15) is 5.26 Å². The fourth-order valence-corrected chi connectivity index (χ4v) is 1.24. The molecule has 1 rings (SSSR count). The summed E-state index contributed by atoms with van der Waals surface area (Å²) >= 11 is 0. The first kappa shape index (κ1) is 11.3. The van der Waals surface area contributed by atoms with Crippen LogP contribution >= 0.6 is 0 Å². The summed E-state index contributed by atoms with van der Waals surface area (Å²) in [7, 11) is 3.58. The summed E-state index contributed by atoms with van der Waals surface area (Å²) in [5.74, 6) is 0.729. The lowest BCUT2D eigenvalue weighted by Crippen LogP contribution is -2.17. The van der Waals surface area contributed by atoms with E-state index < -0.39 is 5.63 Å². The molecule has 0 aliphatic carbocycles. The Morgan fingerprint density at radius 1 is 1.47 bits per heavy atom. The van der Waals surface area contributed by atoms with E-state index in [2.05, 4.69) is 0 Å². The molecule has 0 saturated carbocycles. The summed E-state index contributed by atoms with van der Waals surface area (Å²) in [6, 6.07) is 3.60. The highest BCUT2D eigenvalue weighted by Crippen LogP contribution is 2.21. The topological polar surface area (TPSA) is 57.2 Å². The van der Waals surface area contributed by atoms with E-state index in [1.165, 1.54) is 0 Å². The summed E-state index contributed by atoms with van der Waals surface area (Å²) in [4.78, 5) is 13.2. The van der Waals surface area contributed by atoms with Gasteiger partial charge in [0, 0.05) is 26.1 Å². The molecule has 0 aliphatic rings. The summed E-state index contributed by atoms with van der Waals surface area (Å²) in [5, 5.41) is 8.84. The smallest absolute Gasteiger partial charge is 0.356 e. The lowest BCUT2D eigenvalue weighted by atomic mass is 10.1. The van der Waals surface area contributed by atoms with E-state index in [1.807, 2.05) is 19.9 Å². The molecular formula is C11H14N2O2. The molecule has 0 saturated heterocycles. The Hall–Kier alpha value is -1.76. The van der Waals surface area contributed by atoms with E-state index in [0.717, 1.165) is 0 Å². The van der Waals surface area contributed by atoms with Crippen LogP contribution in [0.5, 0.6) is 0 Å². The van der Waals surface area contributed by atoms with Crippen LogP contribution in [0.1, 0.15) is 31.1 Å². The summed E-state index contributed by atoms with van der Waals surface area (Å²) in [6.45, 7) is 3.87. The maximum atomic E-state index is 11.5. The van der Waals surface area contributed by atoms with Crippen molar-refractivity contribution >= 4 is 5.69 Å². The van der Waals surface area contributed by atoms with Crippen LogP contribution in [0.2, 0.25) is 0 Å². The van der Waals surface area contributed by atoms with Gasteiger partial charge in [-0.3, -0.25) is 0 Å². The summed E-state index contributed by atoms with van der Waals surface area (Å²) in [5.41, 5.74) is 0.106. The van der Waals surface area contributed by atoms with Gasteiger partial charge in [0.05, 0.1) is 5.69 Å². The Labute approximate surface area is 88.7 Å². The molecule has 15 heavy (non-hydrogen) atoms. The molecule has 0 atom stereocenters. The van der Waals surface area contributed by atoms with Gasteiger partial charge in [-0.05, 0) is 0 Å². The number of hydrogen-bond acceptors (Lipinski definition) is 4. The molecule has 1 aromatic rings. The standard InChI is InChI=1S/C11H14N2O2/c1-7(2)10-5-9(13(3)4)8(6-12)11(14)15-10/h5,7H,1-4H3. The maximum Gasteiger partial charge on any atom is 0.356 e. The largest absolute Gasteiger partial charge is 0.427 e. The van der Waals surface area contributed by atoms with Crippen LogP contribution in [-0.4, -0.2) is 14.1 Å². The normalized spacial score (nSPS) is 10.1. The second-order valence-corrected chi connectivity index (χ2v) is 3.86. The van der Waals surface area contributed by atoms with Crippen molar-refractivity contribution < 1.29 is 4.42 Å². The van der Waals surface area contributed by atoms with Gasteiger partial charge in [-0.15, -0.1) is 0 Å². The van der Waals surface area contributed by atoms with Crippen molar-refractivity contribution in [2.45, 2.75) is 19.8 Å². The minimum Gasteiger partial charge on any atom is -0.427 e. The highest BCUT2D eigenvalue weighted by Gasteiger charge is 2.14. The van der Waals surface area contributed by atoms with Gasteiger partial charge in [0.25, 0.3) is 0 Å². The molecule has 1 heterocycles. The molecule has 1 aromatic heterocycles. The van der Waals surface area contributed by atoms with Crippen molar-refractivity contribution in [2.75, 3.05) is 19.0 Å². The quantitative estimate of drug-likeness (QED) is 0.739. The minimum absolute atomic E-state index is 0.0596. The highest BCUT2D eigenvalue weighted by molar-refractivity contribution is 5.57. The zero-order valence-corrected chi connectivity index (χ0v) is 9.37. The molecule has 0 aliphatic heterocycles. The second-order valence-electron chi connectivity index (χ2n) is 3.86. The summed E-state index contributed by atoms with van der Waals surface area (Å²) in [6.07, 6.45) is 0. The fraction of sp³-hybridized carbons (Fsp3) is 0.455. The van der Waals surface area contributed by atoms with Crippen molar-refractivity contribution in [3.63, 3.8) is 0 Å². The first-order valence-corrected chi connectivity index (χ1v) is 4.72. The van der Waals surface area contributed by atoms with E-state index in [9.17, 15) is 4.79 Å². The molecule has 0 bridgehead atoms. The number of hydrogen-bond donors (Lipinski definition) is 0. The van der Waals surface area contributed by atoms with Crippen LogP contribution in [0.25, 0.3) is 0 Å². The van der Waals surface area contributed by atoms with Gasteiger partial charge < -0.3 is 9.32 Å². The molecule has 4 heteroatoms. The van der Waals surface area contributed by atoms with E-state index in [1.54, 1.807) is 25.1 Å². The number of anilines is 1. The average Bonchev–Trinajstić information content (AvgIpc) is 2.16. The van der Waals surface area contributed by atoms with Crippen LogP contribution in [0.15, 0.2) is 15.3 Å². The number of rotatable bonds is 2. The highest BCUT2D eigenvalue weighted by atomic mass is 16.4. The van der Waals surface area contributed by atoms with Crippen LogP contribution in [0.4, 0.5) is 5.69 Å². The summed E-state index contributed by atoms with van der Waals surface area (Å²) < 4.78 is 5.05. The lowest BCUT2D eigenvalue weighted by Gasteiger charge is -2.15. The first-order valence-electron chi connectivity index (χ1n) is 4.72. The third kappa shape index (κ3) is 2.18. The predicted octanol–water partition coefficient (Wildman–Crippen LogP) is 1.70. The van der Waals surface area contributed by atoms with Gasteiger partial charge in [-0.25, -0.2) is 4.79 Å². The molecule has 0 radical (unpaired) electrons. The number of nitriles is 1.